The van der Waals surface area contributed by atoms with Crippen molar-refractivity contribution in [1.82, 2.24) is 5.32 Å². The number of benzene rings is 1. The third-order valence-electron chi connectivity index (χ3n) is 3.55. The maximum absolute atomic E-state index is 5.55. The van der Waals surface area contributed by atoms with Crippen LogP contribution < -0.4 is 15.0 Å². The van der Waals surface area contributed by atoms with Crippen molar-refractivity contribution in [1.29, 1.82) is 0 Å². The van der Waals surface area contributed by atoms with E-state index < -0.39 is 0 Å². The molecule has 1 unspecified atom stereocenters. The van der Waals surface area contributed by atoms with Crippen LogP contribution in [0.5, 0.6) is 5.75 Å². The molecule has 0 saturated heterocycles. The molecule has 1 N–H and O–H groups in total. The average Bonchev–Trinajstić information content (AvgIpc) is 2.52. The zero-order valence-electron chi connectivity index (χ0n) is 13.6. The van der Waals surface area contributed by atoms with E-state index in [1.807, 2.05) is 12.2 Å². The molecule has 0 aliphatic rings. The molecule has 1 atom stereocenters. The fraction of sp³-hybridized carbons (Fsp3) is 0.444. The van der Waals surface area contributed by atoms with Gasteiger partial charge in [-0.25, -0.2) is 0 Å². The predicted molar refractivity (Wildman–Crippen MR) is 92.2 cm³/mol. The first-order valence-corrected chi connectivity index (χ1v) is 7.53. The molecule has 1 rings (SSSR count). The van der Waals surface area contributed by atoms with Crippen molar-refractivity contribution < 1.29 is 4.74 Å². The molecule has 1 aromatic carbocycles. The van der Waals surface area contributed by atoms with Crippen LogP contribution in [0.15, 0.2) is 43.5 Å². The van der Waals surface area contributed by atoms with Crippen molar-refractivity contribution in [3.63, 3.8) is 0 Å². The van der Waals surface area contributed by atoms with E-state index in [1.165, 1.54) is 5.56 Å². The van der Waals surface area contributed by atoms with Crippen LogP contribution in [0.25, 0.3) is 0 Å². The molecule has 0 spiro atoms. The van der Waals surface area contributed by atoms with Crippen LogP contribution in [0.1, 0.15) is 25.8 Å². The van der Waals surface area contributed by atoms with Crippen molar-refractivity contribution in [3.05, 3.63) is 49.1 Å². The number of rotatable bonds is 10. The number of methoxy groups -OCH3 is 1. The van der Waals surface area contributed by atoms with Gasteiger partial charge in [-0.3, -0.25) is 0 Å². The van der Waals surface area contributed by atoms with Gasteiger partial charge in [-0.15, -0.1) is 13.2 Å². The van der Waals surface area contributed by atoms with Gasteiger partial charge in [0, 0.05) is 25.7 Å². The second kappa shape index (κ2) is 9.24. The number of hydrogen-bond donors (Lipinski definition) is 1. The van der Waals surface area contributed by atoms with Crippen LogP contribution in [0.2, 0.25) is 0 Å². The monoisotopic (exact) mass is 288 g/mol. The second-order valence-electron chi connectivity index (χ2n) is 5.18. The van der Waals surface area contributed by atoms with E-state index in [0.29, 0.717) is 6.04 Å². The zero-order valence-corrected chi connectivity index (χ0v) is 13.6. The first-order chi connectivity index (χ1) is 10.2. The molecular formula is C18H28N2O. The van der Waals surface area contributed by atoms with Gasteiger partial charge in [-0.2, -0.15) is 0 Å². The molecule has 0 aliphatic heterocycles. The topological polar surface area (TPSA) is 24.5 Å². The molecule has 0 saturated carbocycles. The van der Waals surface area contributed by atoms with Gasteiger partial charge in [0.15, 0.2) is 0 Å². The van der Waals surface area contributed by atoms with Gasteiger partial charge >= 0.3 is 0 Å². The van der Waals surface area contributed by atoms with Gasteiger partial charge in [-0.1, -0.05) is 25.1 Å². The quantitative estimate of drug-likeness (QED) is 0.663. The highest BCUT2D eigenvalue weighted by Crippen LogP contribution is 2.29. The smallest absolute Gasteiger partial charge is 0.142 e. The summed E-state index contributed by atoms with van der Waals surface area (Å²) < 4.78 is 5.55. The molecule has 0 bridgehead atoms. The van der Waals surface area contributed by atoms with Crippen molar-refractivity contribution in [3.8, 4) is 5.75 Å². The molecular weight excluding hydrogens is 260 g/mol. The molecule has 3 heteroatoms. The molecule has 116 valence electrons. The summed E-state index contributed by atoms with van der Waals surface area (Å²) in [6.07, 6.45) is 4.91. The molecule has 3 nitrogen and oxygen atoms in total. The molecule has 0 amide bonds. The van der Waals surface area contributed by atoms with E-state index in [0.717, 1.165) is 37.5 Å². The van der Waals surface area contributed by atoms with Crippen LogP contribution >= 0.6 is 0 Å². The van der Waals surface area contributed by atoms with E-state index in [4.69, 9.17) is 4.74 Å². The van der Waals surface area contributed by atoms with E-state index in [9.17, 15) is 0 Å². The van der Waals surface area contributed by atoms with Gasteiger partial charge < -0.3 is 15.0 Å². The highest BCUT2D eigenvalue weighted by molar-refractivity contribution is 5.60. The lowest BCUT2D eigenvalue weighted by molar-refractivity contribution is 0.414. The Bertz CT molecular complexity index is 447. The molecule has 21 heavy (non-hydrogen) atoms. The van der Waals surface area contributed by atoms with E-state index in [-0.39, 0.29) is 0 Å². The van der Waals surface area contributed by atoms with Crippen molar-refractivity contribution >= 4 is 5.69 Å². The Morgan fingerprint density at radius 2 is 1.95 bits per heavy atom. The number of ether oxygens (including phenoxy) is 1. The lowest BCUT2D eigenvalue weighted by Gasteiger charge is -2.24. The molecule has 0 aliphatic carbocycles. The van der Waals surface area contributed by atoms with Crippen LogP contribution in [0.4, 0.5) is 5.69 Å². The fourth-order valence-corrected chi connectivity index (χ4v) is 2.11. The third kappa shape index (κ3) is 5.27. The summed E-state index contributed by atoms with van der Waals surface area (Å²) >= 11 is 0. The summed E-state index contributed by atoms with van der Waals surface area (Å²) in [6, 6.07) is 6.88. The normalized spacial score (nSPS) is 11.8. The number of nitrogens with zero attached hydrogens (tertiary/aromatic N) is 1. The summed E-state index contributed by atoms with van der Waals surface area (Å²) in [7, 11) is 1.71. The molecule has 0 radical (unpaired) electrons. The lowest BCUT2D eigenvalue weighted by Crippen LogP contribution is -2.25. The maximum atomic E-state index is 5.55. The minimum Gasteiger partial charge on any atom is -0.495 e. The highest BCUT2D eigenvalue weighted by atomic mass is 16.5. The van der Waals surface area contributed by atoms with Crippen LogP contribution in [-0.4, -0.2) is 26.2 Å². The SMILES string of the molecule is C=CCN(CC=C)c1ccc(CNC(C)CC)cc1OC. The predicted octanol–water partition coefficient (Wildman–Crippen LogP) is 3.76. The Hall–Kier alpha value is -1.74. The van der Waals surface area contributed by atoms with Crippen LogP contribution in [-0.2, 0) is 6.54 Å². The first-order valence-electron chi connectivity index (χ1n) is 7.53. The summed E-state index contributed by atoms with van der Waals surface area (Å²) in [4.78, 5) is 2.19. The van der Waals surface area contributed by atoms with Gasteiger partial charge in [-0.05, 0) is 31.0 Å². The largest absolute Gasteiger partial charge is 0.495 e. The van der Waals surface area contributed by atoms with E-state index in [1.54, 1.807) is 7.11 Å². The lowest BCUT2D eigenvalue weighted by atomic mass is 10.1. The van der Waals surface area contributed by atoms with Gasteiger partial charge in [0.1, 0.15) is 5.75 Å². The third-order valence-corrected chi connectivity index (χ3v) is 3.55. The Labute approximate surface area is 129 Å². The van der Waals surface area contributed by atoms with Crippen LogP contribution in [0.3, 0.4) is 0 Å². The summed E-state index contributed by atoms with van der Waals surface area (Å²) in [5, 5.41) is 3.50. The van der Waals surface area contributed by atoms with Gasteiger partial charge in [0.05, 0.1) is 12.8 Å². The molecule has 0 aromatic heterocycles. The Morgan fingerprint density at radius 1 is 1.29 bits per heavy atom. The van der Waals surface area contributed by atoms with Gasteiger partial charge in [0.2, 0.25) is 0 Å². The van der Waals surface area contributed by atoms with E-state index >= 15 is 0 Å². The van der Waals surface area contributed by atoms with Crippen molar-refractivity contribution in [2.45, 2.75) is 32.9 Å². The zero-order chi connectivity index (χ0) is 15.7. The van der Waals surface area contributed by atoms with Crippen LogP contribution in [0, 0.1) is 0 Å². The molecule has 1 aromatic rings. The number of nitrogens with one attached hydrogen (secondary N) is 1. The van der Waals surface area contributed by atoms with Crippen molar-refractivity contribution in [2.75, 3.05) is 25.1 Å². The van der Waals surface area contributed by atoms with E-state index in [2.05, 4.69) is 55.4 Å². The Morgan fingerprint density at radius 3 is 2.48 bits per heavy atom. The standard InChI is InChI=1S/C18H28N2O/c1-6-11-20(12-7-2)17-10-9-16(13-18(17)21-5)14-19-15(4)8-3/h6-7,9-10,13,15,19H,1-2,8,11-12,14H2,3-5H3. The minimum absolute atomic E-state index is 0.522. The minimum atomic E-state index is 0.522. The Balaban J connectivity index is 2.91. The number of anilines is 1. The average molecular weight is 288 g/mol. The van der Waals surface area contributed by atoms with Crippen molar-refractivity contribution in [2.24, 2.45) is 0 Å². The fourth-order valence-electron chi connectivity index (χ4n) is 2.11. The summed E-state index contributed by atoms with van der Waals surface area (Å²) in [6.45, 7) is 14.4. The second-order valence-corrected chi connectivity index (χ2v) is 5.18. The highest BCUT2D eigenvalue weighted by Gasteiger charge is 2.11. The summed E-state index contributed by atoms with van der Waals surface area (Å²) in [5.41, 5.74) is 2.30. The Kier molecular flexibility index (Phi) is 7.62. The number of hydrogen-bond acceptors (Lipinski definition) is 3. The first kappa shape index (κ1) is 17.3. The van der Waals surface area contributed by atoms with Gasteiger partial charge in [0.25, 0.3) is 0 Å². The summed E-state index contributed by atoms with van der Waals surface area (Å²) in [5.74, 6) is 0.891. The maximum Gasteiger partial charge on any atom is 0.142 e. The molecule has 0 heterocycles. The molecule has 0 fully saturated rings.